The lowest BCUT2D eigenvalue weighted by Gasteiger charge is -2.06. The number of aryl methyl sites for hydroxylation is 1. The summed E-state index contributed by atoms with van der Waals surface area (Å²) in [5.41, 5.74) is 4.76. The molecule has 0 aliphatic heterocycles. The second-order valence-corrected chi connectivity index (χ2v) is 6.21. The van der Waals surface area contributed by atoms with E-state index in [0.717, 1.165) is 22.1 Å². The summed E-state index contributed by atoms with van der Waals surface area (Å²) in [6.45, 7) is 2.48. The molecule has 0 fully saturated rings. The number of hydrogen-bond donors (Lipinski definition) is 0. The average Bonchev–Trinajstić information content (AvgIpc) is 3.11. The minimum absolute atomic E-state index is 0.413. The van der Waals surface area contributed by atoms with Gasteiger partial charge in [-0.1, -0.05) is 83.5 Å². The molecule has 3 heteroatoms. The fourth-order valence-corrected chi connectivity index (χ4v) is 2.80. The van der Waals surface area contributed by atoms with E-state index in [1.54, 1.807) is 0 Å². The Morgan fingerprint density at radius 2 is 1.62 bits per heavy atom. The summed E-state index contributed by atoms with van der Waals surface area (Å²) in [5.74, 6) is 0.697. The van der Waals surface area contributed by atoms with Gasteiger partial charge in [-0.2, -0.15) is 0 Å². The van der Waals surface area contributed by atoms with E-state index < -0.39 is 0 Å². The number of benzene rings is 3. The second-order valence-electron chi connectivity index (χ2n) is 6.21. The number of para-hydroxylation sites is 1. The molecule has 0 amide bonds. The Morgan fingerprint density at radius 3 is 2.38 bits per heavy atom. The van der Waals surface area contributed by atoms with Crippen molar-refractivity contribution in [3.8, 4) is 0 Å². The van der Waals surface area contributed by atoms with Crippen molar-refractivity contribution in [3.63, 3.8) is 0 Å². The van der Waals surface area contributed by atoms with Gasteiger partial charge in [0.1, 0.15) is 12.2 Å². The molecule has 0 atom stereocenters. The van der Waals surface area contributed by atoms with Crippen LogP contribution in [0.5, 0.6) is 0 Å². The van der Waals surface area contributed by atoms with Crippen molar-refractivity contribution < 1.29 is 9.25 Å². The third-order valence-corrected chi connectivity index (χ3v) is 4.21. The highest BCUT2D eigenvalue weighted by Gasteiger charge is 2.14. The smallest absolute Gasteiger partial charge is 0.157 e. The van der Waals surface area contributed by atoms with Gasteiger partial charge in [0.2, 0.25) is 0 Å². The molecule has 0 unspecified atom stereocenters. The van der Waals surface area contributed by atoms with Crippen molar-refractivity contribution in [3.05, 3.63) is 107 Å². The molecule has 0 saturated heterocycles. The summed E-state index contributed by atoms with van der Waals surface area (Å²) >= 11 is 0. The molecule has 0 bridgehead atoms. The van der Waals surface area contributed by atoms with Gasteiger partial charge < -0.3 is 9.25 Å². The zero-order valence-electron chi connectivity index (χ0n) is 14.6. The van der Waals surface area contributed by atoms with Gasteiger partial charge in [-0.15, -0.1) is 0 Å². The molecule has 1 aromatic heterocycles. The van der Waals surface area contributed by atoms with E-state index in [1.807, 2.05) is 72.8 Å². The maximum Gasteiger partial charge on any atom is 0.157 e. The van der Waals surface area contributed by atoms with Crippen LogP contribution in [0.3, 0.4) is 0 Å². The molecule has 4 rings (SSSR count). The molecule has 26 heavy (non-hydrogen) atoms. The Labute approximate surface area is 152 Å². The Balaban J connectivity index is 1.68. The Morgan fingerprint density at radius 1 is 0.885 bits per heavy atom. The first-order valence-electron chi connectivity index (χ1n) is 8.59. The Hall–Kier alpha value is -3.33. The van der Waals surface area contributed by atoms with Crippen LogP contribution >= 0.6 is 0 Å². The zero-order valence-corrected chi connectivity index (χ0v) is 14.6. The molecule has 3 aromatic carbocycles. The standard InChI is InChI=1S/C23H19NO2/c1-17-11-13-19(14-12-17)23(24-25-16-18-7-3-2-4-8-18)22-15-20-9-5-6-10-21(20)26-22/h2-15H,16H2,1H3/b24-23+. The Bertz CT molecular complexity index is 998. The molecule has 0 radical (unpaired) electrons. The van der Waals surface area contributed by atoms with Crippen LogP contribution in [-0.2, 0) is 11.4 Å². The molecular weight excluding hydrogens is 322 g/mol. The van der Waals surface area contributed by atoms with Crippen LogP contribution in [0.25, 0.3) is 11.0 Å². The number of rotatable bonds is 5. The monoisotopic (exact) mass is 341 g/mol. The third-order valence-electron chi connectivity index (χ3n) is 4.21. The molecule has 0 aliphatic carbocycles. The molecule has 0 aliphatic rings. The molecular formula is C23H19NO2. The topological polar surface area (TPSA) is 34.7 Å². The maximum absolute atomic E-state index is 6.01. The van der Waals surface area contributed by atoms with E-state index in [9.17, 15) is 0 Å². The lowest BCUT2D eigenvalue weighted by atomic mass is 10.1. The summed E-state index contributed by atoms with van der Waals surface area (Å²) in [6.07, 6.45) is 0. The minimum Gasteiger partial charge on any atom is -0.454 e. The van der Waals surface area contributed by atoms with Crippen molar-refractivity contribution >= 4 is 16.7 Å². The van der Waals surface area contributed by atoms with Crippen molar-refractivity contribution in [1.29, 1.82) is 0 Å². The normalized spacial score (nSPS) is 11.7. The predicted molar refractivity (Wildman–Crippen MR) is 104 cm³/mol. The zero-order chi connectivity index (χ0) is 17.8. The molecule has 0 saturated carbocycles. The second kappa shape index (κ2) is 7.28. The number of nitrogens with zero attached hydrogens (tertiary/aromatic N) is 1. The van der Waals surface area contributed by atoms with Gasteiger partial charge in [-0.25, -0.2) is 0 Å². The van der Waals surface area contributed by atoms with Gasteiger partial charge in [-0.05, 0) is 24.6 Å². The van der Waals surface area contributed by atoms with E-state index in [-0.39, 0.29) is 0 Å². The lowest BCUT2D eigenvalue weighted by Crippen LogP contribution is -2.03. The van der Waals surface area contributed by atoms with Gasteiger partial charge in [-0.3, -0.25) is 0 Å². The first-order chi connectivity index (χ1) is 12.8. The van der Waals surface area contributed by atoms with Gasteiger partial charge >= 0.3 is 0 Å². The third kappa shape index (κ3) is 3.52. The summed E-state index contributed by atoms with van der Waals surface area (Å²) in [4.78, 5) is 5.64. The summed E-state index contributed by atoms with van der Waals surface area (Å²) in [7, 11) is 0. The van der Waals surface area contributed by atoms with Crippen LogP contribution in [0.2, 0.25) is 0 Å². The number of fused-ring (bicyclic) bond motifs is 1. The van der Waals surface area contributed by atoms with Crippen LogP contribution in [0.15, 0.2) is 94.5 Å². The van der Waals surface area contributed by atoms with E-state index in [2.05, 4.69) is 24.2 Å². The van der Waals surface area contributed by atoms with Gasteiger partial charge in [0, 0.05) is 10.9 Å². The molecule has 3 nitrogen and oxygen atoms in total. The van der Waals surface area contributed by atoms with Crippen molar-refractivity contribution in [1.82, 2.24) is 0 Å². The number of hydrogen-bond acceptors (Lipinski definition) is 3. The lowest BCUT2D eigenvalue weighted by molar-refractivity contribution is 0.130. The minimum atomic E-state index is 0.413. The fraction of sp³-hybridized carbons (Fsp3) is 0.0870. The highest BCUT2D eigenvalue weighted by Crippen LogP contribution is 2.22. The highest BCUT2D eigenvalue weighted by atomic mass is 16.6. The molecule has 128 valence electrons. The average molecular weight is 341 g/mol. The molecule has 1 heterocycles. The van der Waals surface area contributed by atoms with Crippen LogP contribution in [0, 0.1) is 6.92 Å². The number of oxime groups is 1. The summed E-state index contributed by atoms with van der Waals surface area (Å²) < 4.78 is 6.01. The van der Waals surface area contributed by atoms with Crippen molar-refractivity contribution in [2.75, 3.05) is 0 Å². The quantitative estimate of drug-likeness (QED) is 0.344. The van der Waals surface area contributed by atoms with Gasteiger partial charge in [0.05, 0.1) is 0 Å². The van der Waals surface area contributed by atoms with E-state index in [1.165, 1.54) is 5.56 Å². The maximum atomic E-state index is 6.01. The van der Waals surface area contributed by atoms with E-state index >= 15 is 0 Å². The van der Waals surface area contributed by atoms with Crippen molar-refractivity contribution in [2.24, 2.45) is 5.16 Å². The summed E-state index contributed by atoms with van der Waals surface area (Å²) in [6, 6.07) is 28.1. The summed E-state index contributed by atoms with van der Waals surface area (Å²) in [5, 5.41) is 5.45. The predicted octanol–water partition coefficient (Wildman–Crippen LogP) is 5.71. The first kappa shape index (κ1) is 16.2. The van der Waals surface area contributed by atoms with Gasteiger partial charge in [0.15, 0.2) is 11.5 Å². The largest absolute Gasteiger partial charge is 0.454 e. The Kier molecular flexibility index (Phi) is 4.52. The van der Waals surface area contributed by atoms with Gasteiger partial charge in [0.25, 0.3) is 0 Å². The number of furan rings is 1. The van der Waals surface area contributed by atoms with Crippen molar-refractivity contribution in [2.45, 2.75) is 13.5 Å². The molecule has 4 aromatic rings. The fourth-order valence-electron chi connectivity index (χ4n) is 2.80. The van der Waals surface area contributed by atoms with Crippen LogP contribution in [-0.4, -0.2) is 5.71 Å². The van der Waals surface area contributed by atoms with E-state index in [4.69, 9.17) is 9.25 Å². The van der Waals surface area contributed by atoms with Crippen LogP contribution < -0.4 is 0 Å². The molecule has 0 spiro atoms. The van der Waals surface area contributed by atoms with Crippen LogP contribution in [0.4, 0.5) is 0 Å². The SMILES string of the molecule is Cc1ccc(/C(=N\OCc2ccccc2)c2cc3ccccc3o2)cc1. The highest BCUT2D eigenvalue weighted by molar-refractivity contribution is 6.12. The first-order valence-corrected chi connectivity index (χ1v) is 8.59. The van der Waals surface area contributed by atoms with Crippen LogP contribution in [0.1, 0.15) is 22.5 Å². The molecule has 0 N–H and O–H groups in total. The van der Waals surface area contributed by atoms with E-state index in [0.29, 0.717) is 18.1 Å².